The molecule has 0 saturated heterocycles. The Morgan fingerprint density at radius 3 is 2.85 bits per heavy atom. The molecule has 1 aliphatic carbocycles. The molecule has 4 heteroatoms. The molecule has 0 radical (unpaired) electrons. The first kappa shape index (κ1) is 8.63. The Hall–Kier alpha value is -0.960. The van der Waals surface area contributed by atoms with Crippen molar-refractivity contribution in [3.8, 4) is 11.6 Å². The lowest BCUT2D eigenvalue weighted by Crippen LogP contribution is -1.97. The second-order valence-corrected chi connectivity index (χ2v) is 3.39. The second-order valence-electron chi connectivity index (χ2n) is 2.98. The van der Waals surface area contributed by atoms with Crippen LogP contribution < -0.4 is 9.47 Å². The first-order valence-electron chi connectivity index (χ1n) is 4.16. The van der Waals surface area contributed by atoms with Crippen LogP contribution in [0.5, 0.6) is 11.6 Å². The zero-order valence-corrected chi connectivity index (χ0v) is 8.04. The fourth-order valence-corrected chi connectivity index (χ4v) is 1.23. The van der Waals surface area contributed by atoms with Crippen LogP contribution in [0, 0.1) is 0 Å². The summed E-state index contributed by atoms with van der Waals surface area (Å²) in [6.07, 6.45) is 4.25. The number of hydrogen-bond donors (Lipinski definition) is 0. The van der Waals surface area contributed by atoms with Crippen molar-refractivity contribution in [2.24, 2.45) is 0 Å². The molecule has 1 saturated carbocycles. The molecule has 0 unspecified atom stereocenters. The van der Waals surface area contributed by atoms with Gasteiger partial charge in [-0.05, 0) is 12.8 Å². The molecule has 1 aromatic heterocycles. The van der Waals surface area contributed by atoms with Gasteiger partial charge in [0.25, 0.3) is 0 Å². The number of pyridine rings is 1. The molecule has 70 valence electrons. The maximum atomic E-state index is 5.87. The van der Waals surface area contributed by atoms with Crippen molar-refractivity contribution in [1.29, 1.82) is 0 Å². The van der Waals surface area contributed by atoms with Gasteiger partial charge in [-0.3, -0.25) is 0 Å². The van der Waals surface area contributed by atoms with Crippen molar-refractivity contribution in [2.75, 3.05) is 7.11 Å². The van der Waals surface area contributed by atoms with Crippen LogP contribution in [-0.2, 0) is 0 Å². The van der Waals surface area contributed by atoms with Crippen LogP contribution in [0.2, 0.25) is 5.02 Å². The third-order valence-corrected chi connectivity index (χ3v) is 2.07. The summed E-state index contributed by atoms with van der Waals surface area (Å²) in [5.41, 5.74) is 0. The van der Waals surface area contributed by atoms with Crippen LogP contribution in [0.15, 0.2) is 12.3 Å². The highest BCUT2D eigenvalue weighted by molar-refractivity contribution is 6.31. The van der Waals surface area contributed by atoms with E-state index in [4.69, 9.17) is 21.1 Å². The molecule has 0 N–H and O–H groups in total. The highest BCUT2D eigenvalue weighted by Crippen LogP contribution is 2.30. The van der Waals surface area contributed by atoms with E-state index in [2.05, 4.69) is 4.98 Å². The molecule has 1 aliphatic rings. The van der Waals surface area contributed by atoms with Gasteiger partial charge in [-0.15, -0.1) is 0 Å². The fraction of sp³-hybridized carbons (Fsp3) is 0.444. The highest BCUT2D eigenvalue weighted by Gasteiger charge is 2.23. The number of rotatable bonds is 3. The summed E-state index contributed by atoms with van der Waals surface area (Å²) in [6.45, 7) is 0. The minimum absolute atomic E-state index is 0.367. The monoisotopic (exact) mass is 199 g/mol. The maximum Gasteiger partial charge on any atom is 0.232 e. The van der Waals surface area contributed by atoms with Gasteiger partial charge < -0.3 is 9.47 Å². The van der Waals surface area contributed by atoms with Crippen molar-refractivity contribution in [3.05, 3.63) is 17.3 Å². The predicted molar refractivity (Wildman–Crippen MR) is 49.4 cm³/mol. The minimum Gasteiger partial charge on any atom is -0.489 e. The van der Waals surface area contributed by atoms with Crippen molar-refractivity contribution < 1.29 is 9.47 Å². The topological polar surface area (TPSA) is 31.4 Å². The molecule has 1 fully saturated rings. The van der Waals surface area contributed by atoms with Gasteiger partial charge in [-0.1, -0.05) is 11.6 Å². The van der Waals surface area contributed by atoms with Gasteiger partial charge in [-0.2, -0.15) is 0 Å². The van der Waals surface area contributed by atoms with Crippen LogP contribution in [0.25, 0.3) is 0 Å². The van der Waals surface area contributed by atoms with E-state index >= 15 is 0 Å². The van der Waals surface area contributed by atoms with Crippen molar-refractivity contribution in [3.63, 3.8) is 0 Å². The zero-order valence-electron chi connectivity index (χ0n) is 7.29. The molecule has 0 aliphatic heterocycles. The zero-order chi connectivity index (χ0) is 9.26. The summed E-state index contributed by atoms with van der Waals surface area (Å²) in [7, 11) is 1.54. The molecule has 1 aromatic rings. The number of nitrogens with zero attached hydrogens (tertiary/aromatic N) is 1. The molecule has 1 heterocycles. The molecule has 13 heavy (non-hydrogen) atoms. The van der Waals surface area contributed by atoms with Gasteiger partial charge in [0, 0.05) is 6.07 Å². The average Bonchev–Trinajstić information content (AvgIpc) is 2.89. The Balaban J connectivity index is 2.13. The standard InChI is InChI=1S/C9H10ClNO2/c1-12-9-8(10)4-7(5-11-9)13-6-2-3-6/h4-6H,2-3H2,1H3. The van der Waals surface area contributed by atoms with Gasteiger partial charge in [-0.25, -0.2) is 4.98 Å². The maximum absolute atomic E-state index is 5.87. The van der Waals surface area contributed by atoms with E-state index in [1.807, 2.05) is 0 Å². The number of halogens is 1. The average molecular weight is 200 g/mol. The van der Waals surface area contributed by atoms with Crippen LogP contribution in [-0.4, -0.2) is 18.2 Å². The van der Waals surface area contributed by atoms with Crippen LogP contribution in [0.1, 0.15) is 12.8 Å². The molecular weight excluding hydrogens is 190 g/mol. The number of hydrogen-bond acceptors (Lipinski definition) is 3. The number of ether oxygens (including phenoxy) is 2. The van der Waals surface area contributed by atoms with Gasteiger partial charge >= 0.3 is 0 Å². The molecular formula is C9H10ClNO2. The smallest absolute Gasteiger partial charge is 0.232 e. The Morgan fingerprint density at radius 2 is 2.31 bits per heavy atom. The Labute approximate surface area is 81.6 Å². The largest absolute Gasteiger partial charge is 0.489 e. The summed E-state index contributed by atoms with van der Waals surface area (Å²) in [5, 5.41) is 0.487. The van der Waals surface area contributed by atoms with Gasteiger partial charge in [0.05, 0.1) is 19.4 Å². The first-order valence-corrected chi connectivity index (χ1v) is 4.53. The highest BCUT2D eigenvalue weighted by atomic mass is 35.5. The summed E-state index contributed by atoms with van der Waals surface area (Å²) in [4.78, 5) is 4.00. The van der Waals surface area contributed by atoms with Gasteiger partial charge in [0.1, 0.15) is 10.8 Å². The van der Waals surface area contributed by atoms with E-state index in [1.54, 1.807) is 12.3 Å². The summed E-state index contributed by atoms with van der Waals surface area (Å²) in [6, 6.07) is 1.73. The normalized spacial score (nSPS) is 15.5. The van der Waals surface area contributed by atoms with Crippen LogP contribution in [0.3, 0.4) is 0 Å². The molecule has 0 bridgehead atoms. The quantitative estimate of drug-likeness (QED) is 0.749. The number of methoxy groups -OCH3 is 1. The number of aromatic nitrogens is 1. The SMILES string of the molecule is COc1ncc(OC2CC2)cc1Cl. The first-order chi connectivity index (χ1) is 6.29. The fourth-order valence-electron chi connectivity index (χ4n) is 1.00. The van der Waals surface area contributed by atoms with E-state index < -0.39 is 0 Å². The Morgan fingerprint density at radius 1 is 1.54 bits per heavy atom. The molecule has 2 rings (SSSR count). The lowest BCUT2D eigenvalue weighted by Gasteiger charge is -2.05. The molecule has 0 spiro atoms. The minimum atomic E-state index is 0.367. The van der Waals surface area contributed by atoms with E-state index in [1.165, 1.54) is 7.11 Å². The van der Waals surface area contributed by atoms with E-state index in [-0.39, 0.29) is 0 Å². The lowest BCUT2D eigenvalue weighted by atomic mass is 10.4. The molecule has 0 aromatic carbocycles. The van der Waals surface area contributed by atoms with Crippen LogP contribution >= 0.6 is 11.6 Å². The van der Waals surface area contributed by atoms with Gasteiger partial charge in [0.2, 0.25) is 5.88 Å². The third-order valence-electron chi connectivity index (χ3n) is 1.80. The van der Waals surface area contributed by atoms with E-state index in [9.17, 15) is 0 Å². The summed E-state index contributed by atoms with van der Waals surface area (Å²) < 4.78 is 10.4. The van der Waals surface area contributed by atoms with Crippen LogP contribution in [0.4, 0.5) is 0 Å². The summed E-state index contributed by atoms with van der Waals surface area (Å²) >= 11 is 5.87. The van der Waals surface area contributed by atoms with Crippen molar-refractivity contribution in [2.45, 2.75) is 18.9 Å². The van der Waals surface area contributed by atoms with E-state index in [0.29, 0.717) is 22.8 Å². The van der Waals surface area contributed by atoms with Crippen molar-refractivity contribution >= 4 is 11.6 Å². The lowest BCUT2D eigenvalue weighted by molar-refractivity contribution is 0.300. The molecule has 0 amide bonds. The molecule has 0 atom stereocenters. The predicted octanol–water partition coefficient (Wildman–Crippen LogP) is 2.28. The Kier molecular flexibility index (Phi) is 2.27. The Bertz CT molecular complexity index is 312. The van der Waals surface area contributed by atoms with Gasteiger partial charge in [0.15, 0.2) is 0 Å². The molecule has 3 nitrogen and oxygen atoms in total. The van der Waals surface area contributed by atoms with Crippen molar-refractivity contribution in [1.82, 2.24) is 4.98 Å². The third kappa shape index (κ3) is 2.04. The summed E-state index contributed by atoms with van der Waals surface area (Å²) in [5.74, 6) is 1.15. The second kappa shape index (κ2) is 3.42. The van der Waals surface area contributed by atoms with E-state index in [0.717, 1.165) is 12.8 Å².